The van der Waals surface area contributed by atoms with E-state index >= 15 is 0 Å². The molecule has 2 rings (SSSR count). The van der Waals surface area contributed by atoms with Gasteiger partial charge in [0.1, 0.15) is 17.7 Å². The second kappa shape index (κ2) is 9.07. The van der Waals surface area contributed by atoms with Gasteiger partial charge in [0.05, 0.1) is 23.5 Å². The molecule has 0 aromatic heterocycles. The number of anilines is 2. The number of nitrogens with one attached hydrogen (secondary N) is 2. The maximum absolute atomic E-state index is 14.2. The number of aliphatic hydroxyl groups excluding tert-OH is 1. The van der Waals surface area contributed by atoms with Gasteiger partial charge in [0.25, 0.3) is 5.91 Å². The van der Waals surface area contributed by atoms with Crippen molar-refractivity contribution in [2.75, 3.05) is 11.9 Å². The van der Waals surface area contributed by atoms with Gasteiger partial charge in [-0.3, -0.25) is 9.63 Å². The molecule has 2 aromatic rings. The van der Waals surface area contributed by atoms with Gasteiger partial charge >= 0.3 is 0 Å². The molecule has 0 spiro atoms. The predicted octanol–water partition coefficient (Wildman–Crippen LogP) is 3.75. The van der Waals surface area contributed by atoms with Crippen LogP contribution in [0.25, 0.3) is 0 Å². The standard InChI is InChI=1S/C17H17F2IN2O3/c1-2-11(9-23)25-22-17(24)12-4-3-5-13(18)16(12)21-15-7-6-10(20)8-14(15)19/h3-8,11,21,23H,2,9H2,1H3,(H,22,24). The zero-order valence-electron chi connectivity index (χ0n) is 13.4. The van der Waals surface area contributed by atoms with E-state index in [1.165, 1.54) is 24.3 Å². The SMILES string of the molecule is CCC(CO)ONC(=O)c1cccc(F)c1Nc1ccc(I)cc1F. The lowest BCUT2D eigenvalue weighted by Crippen LogP contribution is -2.31. The summed E-state index contributed by atoms with van der Waals surface area (Å²) < 4.78 is 28.9. The molecule has 1 amide bonds. The van der Waals surface area contributed by atoms with E-state index in [4.69, 9.17) is 9.94 Å². The third kappa shape index (κ3) is 5.10. The van der Waals surface area contributed by atoms with Crippen molar-refractivity contribution in [1.29, 1.82) is 0 Å². The van der Waals surface area contributed by atoms with E-state index in [0.29, 0.717) is 9.99 Å². The molecule has 5 nitrogen and oxygen atoms in total. The van der Waals surface area contributed by atoms with Crippen LogP contribution in [0.2, 0.25) is 0 Å². The van der Waals surface area contributed by atoms with Crippen LogP contribution in [0, 0.1) is 15.2 Å². The summed E-state index contributed by atoms with van der Waals surface area (Å²) in [5.41, 5.74) is 2.01. The highest BCUT2D eigenvalue weighted by molar-refractivity contribution is 14.1. The average molecular weight is 462 g/mol. The summed E-state index contributed by atoms with van der Waals surface area (Å²) in [6.07, 6.45) is -0.0821. The lowest BCUT2D eigenvalue weighted by molar-refractivity contribution is -0.0408. The monoisotopic (exact) mass is 462 g/mol. The molecule has 0 fully saturated rings. The van der Waals surface area contributed by atoms with Crippen molar-refractivity contribution in [2.45, 2.75) is 19.4 Å². The summed E-state index contributed by atoms with van der Waals surface area (Å²) in [6, 6.07) is 8.31. The average Bonchev–Trinajstić information content (AvgIpc) is 2.59. The normalized spacial score (nSPS) is 11.9. The van der Waals surface area contributed by atoms with Crippen molar-refractivity contribution in [1.82, 2.24) is 5.48 Å². The number of halogens is 3. The van der Waals surface area contributed by atoms with Crippen LogP contribution in [-0.4, -0.2) is 23.7 Å². The summed E-state index contributed by atoms with van der Waals surface area (Å²) in [5.74, 6) is -1.98. The van der Waals surface area contributed by atoms with E-state index in [1.54, 1.807) is 13.0 Å². The quantitative estimate of drug-likeness (QED) is 0.433. The van der Waals surface area contributed by atoms with Gasteiger partial charge in [0.15, 0.2) is 0 Å². The van der Waals surface area contributed by atoms with Crippen LogP contribution >= 0.6 is 22.6 Å². The van der Waals surface area contributed by atoms with Crippen molar-refractivity contribution in [2.24, 2.45) is 0 Å². The first-order chi connectivity index (χ1) is 12.0. The number of aliphatic hydroxyl groups is 1. The van der Waals surface area contributed by atoms with E-state index in [2.05, 4.69) is 10.8 Å². The number of amides is 1. The maximum atomic E-state index is 14.2. The molecule has 0 heterocycles. The number of rotatable bonds is 7. The molecular formula is C17H17F2IN2O3. The van der Waals surface area contributed by atoms with Gasteiger partial charge < -0.3 is 10.4 Å². The number of para-hydroxylation sites is 1. The van der Waals surface area contributed by atoms with Crippen LogP contribution in [0.15, 0.2) is 36.4 Å². The molecule has 25 heavy (non-hydrogen) atoms. The minimum Gasteiger partial charge on any atom is -0.394 e. The largest absolute Gasteiger partial charge is 0.394 e. The van der Waals surface area contributed by atoms with Gasteiger partial charge in [-0.2, -0.15) is 0 Å². The van der Waals surface area contributed by atoms with E-state index in [0.717, 1.165) is 6.07 Å². The molecule has 0 bridgehead atoms. The smallest absolute Gasteiger partial charge is 0.277 e. The zero-order valence-corrected chi connectivity index (χ0v) is 15.5. The first kappa shape index (κ1) is 19.5. The second-order valence-electron chi connectivity index (χ2n) is 5.17. The Morgan fingerprint density at radius 1 is 1.28 bits per heavy atom. The molecule has 0 radical (unpaired) electrons. The fraction of sp³-hybridized carbons (Fsp3) is 0.235. The van der Waals surface area contributed by atoms with Gasteiger partial charge in [-0.15, -0.1) is 0 Å². The van der Waals surface area contributed by atoms with Gasteiger partial charge in [-0.1, -0.05) is 13.0 Å². The second-order valence-corrected chi connectivity index (χ2v) is 6.42. The van der Waals surface area contributed by atoms with Gasteiger partial charge in [-0.05, 0) is 59.3 Å². The fourth-order valence-corrected chi connectivity index (χ4v) is 2.46. The van der Waals surface area contributed by atoms with Crippen LogP contribution in [-0.2, 0) is 4.84 Å². The van der Waals surface area contributed by atoms with Crippen LogP contribution in [0.5, 0.6) is 0 Å². The maximum Gasteiger partial charge on any atom is 0.277 e. The van der Waals surface area contributed by atoms with Crippen LogP contribution in [0.3, 0.4) is 0 Å². The Bertz CT molecular complexity index is 755. The van der Waals surface area contributed by atoms with E-state index in [-0.39, 0.29) is 23.5 Å². The summed E-state index contributed by atoms with van der Waals surface area (Å²) >= 11 is 1.96. The molecule has 3 N–H and O–H groups in total. The molecule has 134 valence electrons. The Hall–Kier alpha value is -1.78. The fourth-order valence-electron chi connectivity index (χ4n) is 2.01. The Kier molecular flexibility index (Phi) is 7.09. The van der Waals surface area contributed by atoms with Crippen LogP contribution < -0.4 is 10.8 Å². The minimum atomic E-state index is -0.709. The lowest BCUT2D eigenvalue weighted by atomic mass is 10.1. The zero-order chi connectivity index (χ0) is 18.4. The lowest BCUT2D eigenvalue weighted by Gasteiger charge is -2.16. The highest BCUT2D eigenvalue weighted by Crippen LogP contribution is 2.27. The summed E-state index contributed by atoms with van der Waals surface area (Å²) in [7, 11) is 0. The van der Waals surface area contributed by atoms with Gasteiger partial charge in [-0.25, -0.2) is 14.3 Å². The summed E-state index contributed by atoms with van der Waals surface area (Å²) in [6.45, 7) is 1.51. The third-order valence-electron chi connectivity index (χ3n) is 3.43. The van der Waals surface area contributed by atoms with Crippen molar-refractivity contribution in [3.63, 3.8) is 0 Å². The molecule has 8 heteroatoms. The van der Waals surface area contributed by atoms with Gasteiger partial charge in [0.2, 0.25) is 0 Å². The molecule has 1 atom stereocenters. The van der Waals surface area contributed by atoms with Crippen molar-refractivity contribution < 1.29 is 23.5 Å². The number of carbonyl (C=O) groups excluding carboxylic acids is 1. The van der Waals surface area contributed by atoms with Gasteiger partial charge in [0, 0.05) is 3.57 Å². The van der Waals surface area contributed by atoms with E-state index < -0.39 is 23.6 Å². The Morgan fingerprint density at radius 3 is 2.68 bits per heavy atom. The molecule has 1 unspecified atom stereocenters. The van der Waals surface area contributed by atoms with Crippen molar-refractivity contribution >= 4 is 39.9 Å². The van der Waals surface area contributed by atoms with Crippen LogP contribution in [0.4, 0.5) is 20.2 Å². The number of benzene rings is 2. The van der Waals surface area contributed by atoms with E-state index in [1.807, 2.05) is 22.6 Å². The van der Waals surface area contributed by atoms with Crippen LogP contribution in [0.1, 0.15) is 23.7 Å². The minimum absolute atomic E-state index is 0.0438. The first-order valence-corrected chi connectivity index (χ1v) is 8.61. The predicted molar refractivity (Wildman–Crippen MR) is 98.5 cm³/mol. The number of hydrogen-bond donors (Lipinski definition) is 3. The van der Waals surface area contributed by atoms with E-state index in [9.17, 15) is 13.6 Å². The Labute approximate surface area is 157 Å². The molecule has 0 saturated heterocycles. The first-order valence-electron chi connectivity index (χ1n) is 7.53. The number of hydroxylamine groups is 1. The molecule has 0 aliphatic rings. The Balaban J connectivity index is 2.25. The molecule has 2 aromatic carbocycles. The third-order valence-corrected chi connectivity index (χ3v) is 4.10. The summed E-state index contributed by atoms with van der Waals surface area (Å²) in [4.78, 5) is 17.3. The molecule has 0 aliphatic carbocycles. The Morgan fingerprint density at radius 2 is 2.04 bits per heavy atom. The van der Waals surface area contributed by atoms with Crippen molar-refractivity contribution in [3.8, 4) is 0 Å². The highest BCUT2D eigenvalue weighted by atomic mass is 127. The highest BCUT2D eigenvalue weighted by Gasteiger charge is 2.18. The molecule has 0 saturated carbocycles. The molecular weight excluding hydrogens is 445 g/mol. The number of carbonyl (C=O) groups is 1. The topological polar surface area (TPSA) is 70.6 Å². The van der Waals surface area contributed by atoms with Crippen molar-refractivity contribution in [3.05, 3.63) is 57.2 Å². The summed E-state index contributed by atoms with van der Waals surface area (Å²) in [5, 5.41) is 11.7. The number of hydrogen-bond acceptors (Lipinski definition) is 4. The molecule has 0 aliphatic heterocycles.